The van der Waals surface area contributed by atoms with Crippen molar-refractivity contribution in [3.63, 3.8) is 0 Å². The van der Waals surface area contributed by atoms with Gasteiger partial charge in [0.25, 0.3) is 0 Å². The second-order valence-electron chi connectivity index (χ2n) is 7.07. The molecule has 7 heteroatoms. The molecule has 0 aromatic rings. The highest BCUT2D eigenvalue weighted by atomic mass is 16.6. The number of hydrogen-bond donors (Lipinski definition) is 0. The molecule has 2 rings (SSSR count). The van der Waals surface area contributed by atoms with Gasteiger partial charge >= 0.3 is 6.09 Å². The first-order valence-electron chi connectivity index (χ1n) is 10.3. The fourth-order valence-electron chi connectivity index (χ4n) is 3.25. The Morgan fingerprint density at radius 2 is 1.42 bits per heavy atom. The van der Waals surface area contributed by atoms with Crippen LogP contribution in [0.3, 0.4) is 0 Å². The van der Waals surface area contributed by atoms with E-state index in [1.54, 1.807) is 0 Å². The van der Waals surface area contributed by atoms with Crippen LogP contribution in [0.4, 0.5) is 4.79 Å². The van der Waals surface area contributed by atoms with Crippen LogP contribution in [-0.4, -0.2) is 106 Å². The minimum absolute atomic E-state index is 0.164. The van der Waals surface area contributed by atoms with E-state index >= 15 is 0 Å². The van der Waals surface area contributed by atoms with Gasteiger partial charge in [0.15, 0.2) is 0 Å². The fraction of sp³-hybridized carbons (Fsp3) is 0.947. The summed E-state index contributed by atoms with van der Waals surface area (Å²) in [5.41, 5.74) is 0. The summed E-state index contributed by atoms with van der Waals surface area (Å²) in [6, 6.07) is 0. The Morgan fingerprint density at radius 1 is 0.885 bits per heavy atom. The smallest absolute Gasteiger partial charge is 0.409 e. The molecule has 1 amide bonds. The first-order chi connectivity index (χ1) is 12.8. The van der Waals surface area contributed by atoms with Crippen LogP contribution in [0.2, 0.25) is 0 Å². The number of hydrogen-bond acceptors (Lipinski definition) is 6. The van der Waals surface area contributed by atoms with Gasteiger partial charge in [0, 0.05) is 52.4 Å². The molecule has 2 saturated heterocycles. The molecular formula is C19H37N3O4. The number of amides is 1. The van der Waals surface area contributed by atoms with Crippen molar-refractivity contribution in [3.05, 3.63) is 0 Å². The molecule has 2 fully saturated rings. The molecule has 0 unspecified atom stereocenters. The monoisotopic (exact) mass is 371 g/mol. The van der Waals surface area contributed by atoms with Crippen molar-refractivity contribution in [2.45, 2.75) is 32.6 Å². The van der Waals surface area contributed by atoms with E-state index in [9.17, 15) is 4.79 Å². The van der Waals surface area contributed by atoms with E-state index in [1.165, 1.54) is 12.8 Å². The zero-order chi connectivity index (χ0) is 18.5. The molecule has 2 heterocycles. The Kier molecular flexibility index (Phi) is 11.0. The van der Waals surface area contributed by atoms with Gasteiger partial charge in [0.05, 0.1) is 33.0 Å². The number of carbonyl (C=O) groups is 1. The predicted molar refractivity (Wildman–Crippen MR) is 102 cm³/mol. The zero-order valence-corrected chi connectivity index (χ0v) is 16.5. The highest BCUT2D eigenvalue weighted by molar-refractivity contribution is 5.67. The Bertz CT molecular complexity index is 350. The SMILES string of the molecule is CCCCCCOC(=O)N(CCN1CCOCC1)CCN1CCOCC1. The Balaban J connectivity index is 1.73. The van der Waals surface area contributed by atoms with Gasteiger partial charge in [-0.05, 0) is 6.42 Å². The summed E-state index contributed by atoms with van der Waals surface area (Å²) in [6.07, 6.45) is 4.32. The van der Waals surface area contributed by atoms with Crippen LogP contribution in [-0.2, 0) is 14.2 Å². The topological polar surface area (TPSA) is 54.5 Å². The van der Waals surface area contributed by atoms with E-state index in [4.69, 9.17) is 14.2 Å². The predicted octanol–water partition coefficient (Wildman–Crippen LogP) is 1.67. The van der Waals surface area contributed by atoms with Crippen LogP contribution in [0.5, 0.6) is 0 Å². The van der Waals surface area contributed by atoms with Crippen molar-refractivity contribution >= 4 is 6.09 Å². The van der Waals surface area contributed by atoms with Gasteiger partial charge in [0.2, 0.25) is 0 Å². The Hall–Kier alpha value is -0.890. The molecule has 0 aliphatic carbocycles. The summed E-state index contributed by atoms with van der Waals surface area (Å²) >= 11 is 0. The molecule has 0 saturated carbocycles. The first-order valence-corrected chi connectivity index (χ1v) is 10.3. The van der Waals surface area contributed by atoms with Crippen molar-refractivity contribution in [1.29, 1.82) is 0 Å². The molecule has 0 bridgehead atoms. The molecule has 7 nitrogen and oxygen atoms in total. The standard InChI is InChI=1S/C19H37N3O4/c1-2-3-4-5-14-26-19(23)22(8-6-20-10-15-24-16-11-20)9-7-21-12-17-25-18-13-21/h2-18H2,1H3. The van der Waals surface area contributed by atoms with Crippen molar-refractivity contribution in [2.24, 2.45) is 0 Å². The highest BCUT2D eigenvalue weighted by Gasteiger charge is 2.19. The molecule has 0 N–H and O–H groups in total. The van der Waals surface area contributed by atoms with E-state index in [2.05, 4.69) is 16.7 Å². The van der Waals surface area contributed by atoms with E-state index in [0.717, 1.165) is 91.6 Å². The number of rotatable bonds is 11. The van der Waals surface area contributed by atoms with Gasteiger partial charge in [-0.2, -0.15) is 0 Å². The van der Waals surface area contributed by atoms with E-state index < -0.39 is 0 Å². The first kappa shape index (κ1) is 21.4. The van der Waals surface area contributed by atoms with Gasteiger partial charge in [0.1, 0.15) is 0 Å². The maximum atomic E-state index is 12.5. The zero-order valence-electron chi connectivity index (χ0n) is 16.5. The summed E-state index contributed by atoms with van der Waals surface area (Å²) in [6.45, 7) is 12.9. The fourth-order valence-corrected chi connectivity index (χ4v) is 3.25. The van der Waals surface area contributed by atoms with Crippen LogP contribution in [0.15, 0.2) is 0 Å². The average Bonchev–Trinajstić information content (AvgIpc) is 2.69. The van der Waals surface area contributed by atoms with Crippen LogP contribution in [0.25, 0.3) is 0 Å². The van der Waals surface area contributed by atoms with Crippen LogP contribution < -0.4 is 0 Å². The highest BCUT2D eigenvalue weighted by Crippen LogP contribution is 2.04. The second-order valence-corrected chi connectivity index (χ2v) is 7.07. The summed E-state index contributed by atoms with van der Waals surface area (Å²) in [7, 11) is 0. The van der Waals surface area contributed by atoms with Gasteiger partial charge < -0.3 is 19.1 Å². The van der Waals surface area contributed by atoms with Crippen molar-refractivity contribution in [1.82, 2.24) is 14.7 Å². The summed E-state index contributed by atoms with van der Waals surface area (Å²) in [5.74, 6) is 0. The number of nitrogens with zero attached hydrogens (tertiary/aromatic N) is 3. The second kappa shape index (κ2) is 13.3. The molecule has 152 valence electrons. The average molecular weight is 372 g/mol. The summed E-state index contributed by atoms with van der Waals surface area (Å²) in [5, 5.41) is 0. The normalized spacial score (nSPS) is 19.4. The minimum atomic E-state index is -0.164. The lowest BCUT2D eigenvalue weighted by Gasteiger charge is -2.32. The molecule has 0 spiro atoms. The molecule has 0 aromatic heterocycles. The Labute approximate surface area is 158 Å². The number of morpholine rings is 2. The van der Waals surface area contributed by atoms with Gasteiger partial charge in [-0.15, -0.1) is 0 Å². The third-order valence-electron chi connectivity index (χ3n) is 5.06. The van der Waals surface area contributed by atoms with Gasteiger partial charge in [-0.3, -0.25) is 9.80 Å². The van der Waals surface area contributed by atoms with E-state index in [0.29, 0.717) is 6.61 Å². The van der Waals surface area contributed by atoms with Crippen LogP contribution in [0.1, 0.15) is 32.6 Å². The van der Waals surface area contributed by atoms with Gasteiger partial charge in [-0.1, -0.05) is 26.2 Å². The number of ether oxygens (including phenoxy) is 3. The Morgan fingerprint density at radius 3 is 1.92 bits per heavy atom. The molecular weight excluding hydrogens is 334 g/mol. The van der Waals surface area contributed by atoms with E-state index in [-0.39, 0.29) is 6.09 Å². The molecule has 2 aliphatic rings. The van der Waals surface area contributed by atoms with Crippen molar-refractivity contribution in [3.8, 4) is 0 Å². The lowest BCUT2D eigenvalue weighted by molar-refractivity contribution is 0.0240. The largest absolute Gasteiger partial charge is 0.449 e. The summed E-state index contributed by atoms with van der Waals surface area (Å²) in [4.78, 5) is 19.1. The van der Waals surface area contributed by atoms with E-state index in [1.807, 2.05) is 4.90 Å². The minimum Gasteiger partial charge on any atom is -0.449 e. The van der Waals surface area contributed by atoms with Crippen LogP contribution >= 0.6 is 0 Å². The molecule has 0 atom stereocenters. The van der Waals surface area contributed by atoms with Gasteiger partial charge in [-0.25, -0.2) is 4.79 Å². The molecule has 0 aromatic carbocycles. The maximum absolute atomic E-state index is 12.5. The summed E-state index contributed by atoms with van der Waals surface area (Å²) < 4.78 is 16.3. The quantitative estimate of drug-likeness (QED) is 0.515. The van der Waals surface area contributed by atoms with Crippen LogP contribution in [0, 0.1) is 0 Å². The molecule has 0 radical (unpaired) electrons. The lowest BCUT2D eigenvalue weighted by atomic mass is 10.2. The lowest BCUT2D eigenvalue weighted by Crippen LogP contribution is -2.46. The number of carbonyl (C=O) groups excluding carboxylic acids is 1. The van der Waals surface area contributed by atoms with Crippen molar-refractivity contribution in [2.75, 3.05) is 85.4 Å². The third kappa shape index (κ3) is 8.66. The third-order valence-corrected chi connectivity index (χ3v) is 5.06. The molecule has 26 heavy (non-hydrogen) atoms. The maximum Gasteiger partial charge on any atom is 0.409 e. The molecule has 2 aliphatic heterocycles. The van der Waals surface area contributed by atoms with Crippen molar-refractivity contribution < 1.29 is 19.0 Å². The number of unbranched alkanes of at least 4 members (excludes halogenated alkanes) is 3.